The van der Waals surface area contributed by atoms with Crippen LogP contribution < -0.4 is 5.32 Å². The molecule has 0 fully saturated rings. The van der Waals surface area contributed by atoms with Crippen molar-refractivity contribution in [3.63, 3.8) is 0 Å². The van der Waals surface area contributed by atoms with Gasteiger partial charge in [0.2, 0.25) is 0 Å². The lowest BCUT2D eigenvalue weighted by Gasteiger charge is -2.05. The van der Waals surface area contributed by atoms with E-state index in [1.54, 1.807) is 12.1 Å². The molecule has 22 heavy (non-hydrogen) atoms. The van der Waals surface area contributed by atoms with Crippen LogP contribution >= 0.6 is 11.3 Å². The standard InChI is InChI=1S/C15H13FN4OS/c1-9-19-12(8-22-9)6-17-15(21)13-7-18-20-14(13)10-3-2-4-11(16)5-10/h2-5,7-8H,6H2,1H3,(H,17,21)(H,18,20). The lowest BCUT2D eigenvalue weighted by atomic mass is 10.1. The number of thiazole rings is 1. The van der Waals surface area contributed by atoms with Crippen LogP contribution in [0.5, 0.6) is 0 Å². The molecule has 0 aliphatic rings. The van der Waals surface area contributed by atoms with Gasteiger partial charge in [0.25, 0.3) is 5.91 Å². The zero-order valence-electron chi connectivity index (χ0n) is 11.8. The van der Waals surface area contributed by atoms with Gasteiger partial charge in [-0.15, -0.1) is 11.3 Å². The highest BCUT2D eigenvalue weighted by atomic mass is 32.1. The predicted octanol–water partition coefficient (Wildman–Crippen LogP) is 2.91. The number of nitrogens with one attached hydrogen (secondary N) is 2. The molecule has 0 saturated carbocycles. The van der Waals surface area contributed by atoms with E-state index in [0.717, 1.165) is 10.7 Å². The average molecular weight is 316 g/mol. The number of hydrogen-bond donors (Lipinski definition) is 2. The molecule has 2 heterocycles. The summed E-state index contributed by atoms with van der Waals surface area (Å²) in [4.78, 5) is 16.6. The molecule has 0 bridgehead atoms. The number of carbonyl (C=O) groups is 1. The lowest BCUT2D eigenvalue weighted by Crippen LogP contribution is -2.23. The first-order chi connectivity index (χ1) is 10.6. The van der Waals surface area contributed by atoms with Crippen molar-refractivity contribution in [3.05, 3.63) is 57.9 Å². The summed E-state index contributed by atoms with van der Waals surface area (Å²) in [5.74, 6) is -0.643. The predicted molar refractivity (Wildman–Crippen MR) is 82.0 cm³/mol. The molecule has 3 rings (SSSR count). The summed E-state index contributed by atoms with van der Waals surface area (Å²) in [6.07, 6.45) is 1.43. The van der Waals surface area contributed by atoms with Crippen LogP contribution in [0.15, 0.2) is 35.8 Å². The van der Waals surface area contributed by atoms with Gasteiger partial charge in [-0.05, 0) is 19.1 Å². The Bertz CT molecular complexity index is 811. The summed E-state index contributed by atoms with van der Waals surface area (Å²) in [5.41, 5.74) is 2.25. The van der Waals surface area contributed by atoms with Gasteiger partial charge in [-0.3, -0.25) is 9.89 Å². The maximum atomic E-state index is 13.3. The van der Waals surface area contributed by atoms with Crippen molar-refractivity contribution in [2.45, 2.75) is 13.5 Å². The molecule has 3 aromatic rings. The second-order valence-electron chi connectivity index (χ2n) is 4.71. The Morgan fingerprint density at radius 3 is 3.05 bits per heavy atom. The molecule has 2 aromatic heterocycles. The second kappa shape index (κ2) is 6.07. The number of benzene rings is 1. The number of nitrogens with zero attached hydrogens (tertiary/aromatic N) is 2. The van der Waals surface area contributed by atoms with Gasteiger partial charge in [0.05, 0.1) is 34.7 Å². The van der Waals surface area contributed by atoms with E-state index in [4.69, 9.17) is 0 Å². The molecule has 0 spiro atoms. The number of halogens is 1. The van der Waals surface area contributed by atoms with Gasteiger partial charge in [-0.1, -0.05) is 12.1 Å². The van der Waals surface area contributed by atoms with Gasteiger partial charge < -0.3 is 5.32 Å². The first-order valence-corrected chi connectivity index (χ1v) is 7.50. The van der Waals surface area contributed by atoms with Crippen LogP contribution in [-0.2, 0) is 6.54 Å². The summed E-state index contributed by atoms with van der Waals surface area (Å²) >= 11 is 1.53. The summed E-state index contributed by atoms with van der Waals surface area (Å²) < 4.78 is 13.3. The summed E-state index contributed by atoms with van der Waals surface area (Å²) in [5, 5.41) is 12.3. The molecule has 0 saturated heterocycles. The molecule has 0 radical (unpaired) electrons. The largest absolute Gasteiger partial charge is 0.346 e. The fraction of sp³-hybridized carbons (Fsp3) is 0.133. The van der Waals surface area contributed by atoms with E-state index < -0.39 is 0 Å². The molecule has 2 N–H and O–H groups in total. The molecule has 112 valence electrons. The number of aromatic nitrogens is 3. The number of rotatable bonds is 4. The summed E-state index contributed by atoms with van der Waals surface area (Å²) in [6, 6.07) is 6.01. The first kappa shape index (κ1) is 14.4. The number of hydrogen-bond acceptors (Lipinski definition) is 4. The molecule has 7 heteroatoms. The number of aromatic amines is 1. The minimum Gasteiger partial charge on any atom is -0.346 e. The molecule has 0 aliphatic carbocycles. The highest BCUT2D eigenvalue weighted by Gasteiger charge is 2.15. The summed E-state index contributed by atoms with van der Waals surface area (Å²) in [6.45, 7) is 2.26. The minimum absolute atomic E-state index is 0.279. The van der Waals surface area contributed by atoms with Crippen molar-refractivity contribution in [2.24, 2.45) is 0 Å². The fourth-order valence-corrected chi connectivity index (χ4v) is 2.69. The fourth-order valence-electron chi connectivity index (χ4n) is 2.08. The molecule has 1 amide bonds. The Morgan fingerprint density at radius 1 is 1.45 bits per heavy atom. The average Bonchev–Trinajstić information content (AvgIpc) is 3.13. The third-order valence-electron chi connectivity index (χ3n) is 3.09. The van der Waals surface area contributed by atoms with Crippen molar-refractivity contribution in [2.75, 3.05) is 0 Å². The Balaban J connectivity index is 1.78. The van der Waals surface area contributed by atoms with Crippen LogP contribution in [0.1, 0.15) is 21.1 Å². The molecule has 1 aromatic carbocycles. The van der Waals surface area contributed by atoms with E-state index in [1.165, 1.54) is 29.7 Å². The highest BCUT2D eigenvalue weighted by molar-refractivity contribution is 7.09. The Hall–Kier alpha value is -2.54. The van der Waals surface area contributed by atoms with Gasteiger partial charge >= 0.3 is 0 Å². The van der Waals surface area contributed by atoms with Crippen LogP contribution in [0.2, 0.25) is 0 Å². The Morgan fingerprint density at radius 2 is 2.32 bits per heavy atom. The van der Waals surface area contributed by atoms with Gasteiger partial charge in [0, 0.05) is 10.9 Å². The molecule has 0 aliphatic heterocycles. The smallest absolute Gasteiger partial charge is 0.255 e. The number of aryl methyl sites for hydroxylation is 1. The zero-order chi connectivity index (χ0) is 15.5. The molecule has 5 nitrogen and oxygen atoms in total. The molecule has 0 atom stereocenters. The van der Waals surface area contributed by atoms with Crippen molar-refractivity contribution in [1.29, 1.82) is 0 Å². The Labute approximate surface area is 130 Å². The monoisotopic (exact) mass is 316 g/mol. The Kier molecular flexibility index (Phi) is 3.97. The third-order valence-corrected chi connectivity index (χ3v) is 3.92. The van der Waals surface area contributed by atoms with Gasteiger partial charge in [0.15, 0.2) is 0 Å². The number of amides is 1. The van der Waals surface area contributed by atoms with Crippen LogP contribution in [0.25, 0.3) is 11.3 Å². The van der Waals surface area contributed by atoms with Gasteiger partial charge in [0.1, 0.15) is 5.82 Å². The van der Waals surface area contributed by atoms with Crippen molar-refractivity contribution in [1.82, 2.24) is 20.5 Å². The number of H-pyrrole nitrogens is 1. The van der Waals surface area contributed by atoms with E-state index in [2.05, 4.69) is 20.5 Å². The van der Waals surface area contributed by atoms with Crippen LogP contribution in [-0.4, -0.2) is 21.1 Å². The molecular weight excluding hydrogens is 303 g/mol. The van der Waals surface area contributed by atoms with Crippen molar-refractivity contribution >= 4 is 17.2 Å². The molecule has 0 unspecified atom stereocenters. The zero-order valence-corrected chi connectivity index (χ0v) is 12.6. The SMILES string of the molecule is Cc1nc(CNC(=O)c2cn[nH]c2-c2cccc(F)c2)cs1. The van der Waals surface area contributed by atoms with E-state index in [0.29, 0.717) is 23.4 Å². The van der Waals surface area contributed by atoms with E-state index in [-0.39, 0.29) is 11.7 Å². The molecular formula is C15H13FN4OS. The van der Waals surface area contributed by atoms with Crippen molar-refractivity contribution < 1.29 is 9.18 Å². The van der Waals surface area contributed by atoms with Crippen LogP contribution in [0, 0.1) is 12.7 Å². The van der Waals surface area contributed by atoms with Crippen LogP contribution in [0.4, 0.5) is 4.39 Å². The lowest BCUT2D eigenvalue weighted by molar-refractivity contribution is 0.0951. The van der Waals surface area contributed by atoms with E-state index in [9.17, 15) is 9.18 Å². The van der Waals surface area contributed by atoms with Gasteiger partial charge in [-0.2, -0.15) is 5.10 Å². The highest BCUT2D eigenvalue weighted by Crippen LogP contribution is 2.21. The van der Waals surface area contributed by atoms with Gasteiger partial charge in [-0.25, -0.2) is 9.37 Å². The third kappa shape index (κ3) is 3.04. The van der Waals surface area contributed by atoms with Crippen molar-refractivity contribution in [3.8, 4) is 11.3 Å². The normalized spacial score (nSPS) is 10.6. The maximum absolute atomic E-state index is 13.3. The summed E-state index contributed by atoms with van der Waals surface area (Å²) in [7, 11) is 0. The van der Waals surface area contributed by atoms with E-state index in [1.807, 2.05) is 12.3 Å². The second-order valence-corrected chi connectivity index (χ2v) is 5.77. The van der Waals surface area contributed by atoms with E-state index >= 15 is 0 Å². The number of carbonyl (C=O) groups excluding carboxylic acids is 1. The first-order valence-electron chi connectivity index (χ1n) is 6.62. The van der Waals surface area contributed by atoms with Crippen LogP contribution in [0.3, 0.4) is 0 Å². The minimum atomic E-state index is -0.364. The maximum Gasteiger partial charge on any atom is 0.255 e. The topological polar surface area (TPSA) is 70.7 Å². The quantitative estimate of drug-likeness (QED) is 0.777.